The molecule has 1 aliphatic rings. The van der Waals surface area contributed by atoms with Gasteiger partial charge in [0.1, 0.15) is 5.75 Å². The van der Waals surface area contributed by atoms with Gasteiger partial charge in [0, 0.05) is 11.4 Å². The summed E-state index contributed by atoms with van der Waals surface area (Å²) in [5, 5.41) is 2.43. The molecule has 2 N–H and O–H groups in total. The second-order valence-corrected chi connectivity index (χ2v) is 5.78. The summed E-state index contributed by atoms with van der Waals surface area (Å²) in [6.45, 7) is 4.39. The minimum Gasteiger partial charge on any atom is -0.496 e. The third kappa shape index (κ3) is 2.52. The van der Waals surface area contributed by atoms with E-state index in [4.69, 9.17) is 10.5 Å². The smallest absolute Gasteiger partial charge is 0.126 e. The van der Waals surface area contributed by atoms with Crippen LogP contribution in [0.2, 0.25) is 0 Å². The zero-order valence-electron chi connectivity index (χ0n) is 12.9. The van der Waals surface area contributed by atoms with Crippen LogP contribution in [-0.4, -0.2) is 31.1 Å². The van der Waals surface area contributed by atoms with Crippen molar-refractivity contribution in [2.75, 3.05) is 20.2 Å². The van der Waals surface area contributed by atoms with E-state index >= 15 is 0 Å². The molecule has 1 heterocycles. The number of fused-ring (bicyclic) bond motifs is 1. The number of piperidine rings is 1. The molecule has 0 radical (unpaired) electrons. The Labute approximate surface area is 126 Å². The molecule has 0 amide bonds. The van der Waals surface area contributed by atoms with Gasteiger partial charge < -0.3 is 10.5 Å². The Hall–Kier alpha value is -1.58. The summed E-state index contributed by atoms with van der Waals surface area (Å²) in [4.78, 5) is 2.50. The second kappa shape index (κ2) is 6.04. The number of rotatable bonds is 3. The summed E-state index contributed by atoms with van der Waals surface area (Å²) in [6.07, 6.45) is 2.29. The van der Waals surface area contributed by atoms with Crippen molar-refractivity contribution < 1.29 is 4.74 Å². The first kappa shape index (κ1) is 14.4. The standard InChI is InChI=1S/C18H24N2O/c1-3-20-12-6-9-16(19)18(20)15-10-11-17(21-2)14-8-5-4-7-13(14)15/h4-5,7-8,10-11,16,18H,3,6,9,12,19H2,1-2H3. The lowest BCUT2D eigenvalue weighted by atomic mass is 9.88. The van der Waals surface area contributed by atoms with Crippen LogP contribution in [0, 0.1) is 0 Å². The maximum absolute atomic E-state index is 6.47. The predicted octanol–water partition coefficient (Wildman–Crippen LogP) is 3.33. The van der Waals surface area contributed by atoms with Gasteiger partial charge in [-0.2, -0.15) is 0 Å². The van der Waals surface area contributed by atoms with Crippen molar-refractivity contribution in [2.24, 2.45) is 5.73 Å². The van der Waals surface area contributed by atoms with Gasteiger partial charge in [-0.1, -0.05) is 37.3 Å². The van der Waals surface area contributed by atoms with E-state index in [0.717, 1.165) is 25.3 Å². The average molecular weight is 284 g/mol. The van der Waals surface area contributed by atoms with E-state index in [1.165, 1.54) is 22.8 Å². The summed E-state index contributed by atoms with van der Waals surface area (Å²) < 4.78 is 5.50. The predicted molar refractivity (Wildman–Crippen MR) is 87.7 cm³/mol. The van der Waals surface area contributed by atoms with E-state index in [9.17, 15) is 0 Å². The molecule has 0 spiro atoms. The lowest BCUT2D eigenvalue weighted by Crippen LogP contribution is -2.45. The zero-order chi connectivity index (χ0) is 14.8. The molecule has 2 unspecified atom stereocenters. The molecule has 0 saturated carbocycles. The van der Waals surface area contributed by atoms with E-state index in [0.29, 0.717) is 6.04 Å². The van der Waals surface area contributed by atoms with Crippen LogP contribution in [0.5, 0.6) is 5.75 Å². The summed E-state index contributed by atoms with van der Waals surface area (Å²) in [5.74, 6) is 0.932. The molecule has 0 bridgehead atoms. The quantitative estimate of drug-likeness (QED) is 0.939. The van der Waals surface area contributed by atoms with Crippen LogP contribution < -0.4 is 10.5 Å². The Bertz CT molecular complexity index is 626. The third-order valence-electron chi connectivity index (χ3n) is 4.64. The molecule has 112 valence electrons. The number of benzene rings is 2. The maximum atomic E-state index is 6.47. The average Bonchev–Trinajstić information content (AvgIpc) is 2.54. The molecule has 1 aliphatic heterocycles. The highest BCUT2D eigenvalue weighted by atomic mass is 16.5. The van der Waals surface area contributed by atoms with Crippen LogP contribution >= 0.6 is 0 Å². The summed E-state index contributed by atoms with van der Waals surface area (Å²) >= 11 is 0. The van der Waals surface area contributed by atoms with Crippen molar-refractivity contribution in [2.45, 2.75) is 31.8 Å². The summed E-state index contributed by atoms with van der Waals surface area (Å²) in [7, 11) is 1.73. The van der Waals surface area contributed by atoms with Crippen molar-refractivity contribution in [3.63, 3.8) is 0 Å². The Morgan fingerprint density at radius 3 is 2.67 bits per heavy atom. The van der Waals surface area contributed by atoms with Gasteiger partial charge in [0.05, 0.1) is 13.2 Å². The number of likely N-dealkylation sites (tertiary alicyclic amines) is 1. The second-order valence-electron chi connectivity index (χ2n) is 5.78. The molecule has 2 aromatic carbocycles. The monoisotopic (exact) mass is 284 g/mol. The summed E-state index contributed by atoms with van der Waals surface area (Å²) in [6, 6.07) is 13.2. The highest BCUT2D eigenvalue weighted by Crippen LogP contribution is 2.37. The lowest BCUT2D eigenvalue weighted by Gasteiger charge is -2.40. The van der Waals surface area contributed by atoms with Crippen LogP contribution in [-0.2, 0) is 0 Å². The number of methoxy groups -OCH3 is 1. The fourth-order valence-corrected chi connectivity index (χ4v) is 3.61. The maximum Gasteiger partial charge on any atom is 0.126 e. The van der Waals surface area contributed by atoms with E-state index in [1.807, 2.05) is 0 Å². The normalized spacial score (nSPS) is 23.4. The van der Waals surface area contributed by atoms with Crippen molar-refractivity contribution in [3.8, 4) is 5.75 Å². The number of nitrogens with two attached hydrogens (primary N) is 1. The highest BCUT2D eigenvalue weighted by Gasteiger charge is 2.30. The Morgan fingerprint density at radius 2 is 1.95 bits per heavy atom. The third-order valence-corrected chi connectivity index (χ3v) is 4.64. The van der Waals surface area contributed by atoms with E-state index in [1.54, 1.807) is 7.11 Å². The summed E-state index contributed by atoms with van der Waals surface area (Å²) in [5.41, 5.74) is 7.80. The SMILES string of the molecule is CCN1CCCC(N)C1c1ccc(OC)c2ccccc12. The number of nitrogens with zero attached hydrogens (tertiary/aromatic N) is 1. The number of hydrogen-bond acceptors (Lipinski definition) is 3. The molecular weight excluding hydrogens is 260 g/mol. The molecule has 2 atom stereocenters. The first-order valence-corrected chi connectivity index (χ1v) is 7.81. The lowest BCUT2D eigenvalue weighted by molar-refractivity contribution is 0.137. The van der Waals surface area contributed by atoms with Crippen LogP contribution in [0.1, 0.15) is 31.4 Å². The van der Waals surface area contributed by atoms with E-state index < -0.39 is 0 Å². The van der Waals surface area contributed by atoms with Gasteiger partial charge in [0.2, 0.25) is 0 Å². The number of ether oxygens (including phenoxy) is 1. The first-order chi connectivity index (χ1) is 10.3. The van der Waals surface area contributed by atoms with Crippen molar-refractivity contribution >= 4 is 10.8 Å². The van der Waals surface area contributed by atoms with Gasteiger partial charge in [0.25, 0.3) is 0 Å². The Balaban J connectivity index is 2.15. The Kier molecular flexibility index (Phi) is 4.13. The number of likely N-dealkylation sites (N-methyl/N-ethyl adjacent to an activating group) is 1. The first-order valence-electron chi connectivity index (χ1n) is 7.81. The van der Waals surface area contributed by atoms with Gasteiger partial charge in [-0.3, -0.25) is 4.90 Å². The van der Waals surface area contributed by atoms with Crippen molar-refractivity contribution in [1.29, 1.82) is 0 Å². The molecule has 3 heteroatoms. The fraction of sp³-hybridized carbons (Fsp3) is 0.444. The van der Waals surface area contributed by atoms with E-state index in [2.05, 4.69) is 48.2 Å². The van der Waals surface area contributed by atoms with Crippen LogP contribution in [0.15, 0.2) is 36.4 Å². The zero-order valence-corrected chi connectivity index (χ0v) is 12.9. The van der Waals surface area contributed by atoms with Crippen LogP contribution in [0.3, 0.4) is 0 Å². The molecule has 0 aliphatic carbocycles. The molecule has 2 aromatic rings. The molecular formula is C18H24N2O. The van der Waals surface area contributed by atoms with Gasteiger partial charge in [-0.25, -0.2) is 0 Å². The molecule has 21 heavy (non-hydrogen) atoms. The molecule has 3 nitrogen and oxygen atoms in total. The van der Waals surface area contributed by atoms with Crippen molar-refractivity contribution in [3.05, 3.63) is 42.0 Å². The highest BCUT2D eigenvalue weighted by molar-refractivity contribution is 5.91. The fourth-order valence-electron chi connectivity index (χ4n) is 3.61. The van der Waals surface area contributed by atoms with Gasteiger partial charge in [-0.05, 0) is 42.9 Å². The van der Waals surface area contributed by atoms with Crippen LogP contribution in [0.25, 0.3) is 10.8 Å². The molecule has 1 saturated heterocycles. The van der Waals surface area contributed by atoms with Crippen molar-refractivity contribution in [1.82, 2.24) is 4.90 Å². The molecule has 1 fully saturated rings. The molecule has 0 aromatic heterocycles. The molecule has 3 rings (SSSR count). The van der Waals surface area contributed by atoms with E-state index in [-0.39, 0.29) is 6.04 Å². The van der Waals surface area contributed by atoms with Crippen LogP contribution in [0.4, 0.5) is 0 Å². The van der Waals surface area contributed by atoms with Gasteiger partial charge in [0.15, 0.2) is 0 Å². The van der Waals surface area contributed by atoms with Gasteiger partial charge in [-0.15, -0.1) is 0 Å². The minimum atomic E-state index is 0.204. The minimum absolute atomic E-state index is 0.204. The Morgan fingerprint density at radius 1 is 1.19 bits per heavy atom. The topological polar surface area (TPSA) is 38.5 Å². The van der Waals surface area contributed by atoms with Gasteiger partial charge >= 0.3 is 0 Å². The largest absolute Gasteiger partial charge is 0.496 e. The number of hydrogen-bond donors (Lipinski definition) is 1.